The van der Waals surface area contributed by atoms with E-state index < -0.39 is 0 Å². The van der Waals surface area contributed by atoms with Crippen molar-refractivity contribution in [3.8, 4) is 22.3 Å². The molecule has 8 aromatic rings. The molecule has 0 radical (unpaired) electrons. The van der Waals surface area contributed by atoms with Crippen LogP contribution in [0.3, 0.4) is 0 Å². The summed E-state index contributed by atoms with van der Waals surface area (Å²) in [6.45, 7) is 2.34. The van der Waals surface area contributed by atoms with Crippen molar-refractivity contribution < 1.29 is 0 Å². The fourth-order valence-electron chi connectivity index (χ4n) is 7.13. The van der Waals surface area contributed by atoms with Crippen LogP contribution in [0.4, 0.5) is 0 Å². The summed E-state index contributed by atoms with van der Waals surface area (Å²) in [5.74, 6) is 0.357. The highest BCUT2D eigenvalue weighted by Gasteiger charge is 2.21. The van der Waals surface area contributed by atoms with Crippen molar-refractivity contribution in [1.29, 1.82) is 0 Å². The molecule has 0 N–H and O–H groups in total. The lowest BCUT2D eigenvalue weighted by Crippen LogP contribution is -2.06. The number of pyridine rings is 2. The zero-order chi connectivity index (χ0) is 30.6. The largest absolute Gasteiger partial charge is 0.254 e. The lowest BCUT2D eigenvalue weighted by Gasteiger charge is -2.23. The fraction of sp³-hybridized carbons (Fsp3) is 0.0698. The maximum absolute atomic E-state index is 5.39. The summed E-state index contributed by atoms with van der Waals surface area (Å²) in [4.78, 5) is 10.3. The SMILES string of the molecule is CC1CC(c2cc(-c3ccccc3)c3ccc4c(-c5ccccc5)ccnc4c3n2)=CC=C1c1ccc2sc3ccccc3c2c1. The Morgan fingerprint density at radius 2 is 1.26 bits per heavy atom. The molecule has 2 nitrogen and oxygen atoms in total. The molecular weight excluding hydrogens is 577 g/mol. The summed E-state index contributed by atoms with van der Waals surface area (Å²) in [5, 5.41) is 4.93. The monoisotopic (exact) mass is 606 g/mol. The van der Waals surface area contributed by atoms with Crippen LogP contribution in [0.25, 0.3) is 75.4 Å². The summed E-state index contributed by atoms with van der Waals surface area (Å²) in [7, 11) is 0. The molecule has 218 valence electrons. The van der Waals surface area contributed by atoms with Crippen molar-refractivity contribution in [1.82, 2.24) is 9.97 Å². The van der Waals surface area contributed by atoms with Crippen molar-refractivity contribution in [3.05, 3.63) is 157 Å². The van der Waals surface area contributed by atoms with Gasteiger partial charge in [0.25, 0.3) is 0 Å². The van der Waals surface area contributed by atoms with Gasteiger partial charge in [0.15, 0.2) is 0 Å². The summed E-state index contributed by atoms with van der Waals surface area (Å²) in [6.07, 6.45) is 7.46. The normalized spacial score (nSPS) is 15.0. The Morgan fingerprint density at radius 1 is 0.565 bits per heavy atom. The highest BCUT2D eigenvalue weighted by molar-refractivity contribution is 7.25. The van der Waals surface area contributed by atoms with Gasteiger partial charge in [-0.2, -0.15) is 0 Å². The first-order valence-corrected chi connectivity index (χ1v) is 16.7. The van der Waals surface area contributed by atoms with Gasteiger partial charge in [0.2, 0.25) is 0 Å². The van der Waals surface area contributed by atoms with Gasteiger partial charge in [0.1, 0.15) is 0 Å². The van der Waals surface area contributed by atoms with Crippen molar-refractivity contribution in [2.45, 2.75) is 13.3 Å². The molecule has 0 spiro atoms. The molecule has 3 heteroatoms. The van der Waals surface area contributed by atoms with Gasteiger partial charge in [0.05, 0.1) is 16.7 Å². The predicted molar refractivity (Wildman–Crippen MR) is 197 cm³/mol. The smallest absolute Gasteiger partial charge is 0.0978 e. The number of hydrogen-bond donors (Lipinski definition) is 0. The molecule has 0 saturated carbocycles. The molecule has 1 aliphatic rings. The number of rotatable bonds is 4. The van der Waals surface area contributed by atoms with Gasteiger partial charge in [-0.05, 0) is 81.6 Å². The minimum Gasteiger partial charge on any atom is -0.254 e. The van der Waals surface area contributed by atoms with E-state index in [1.807, 2.05) is 17.5 Å². The number of benzene rings is 5. The van der Waals surface area contributed by atoms with Crippen LogP contribution in [0.15, 0.2) is 146 Å². The number of hydrogen-bond acceptors (Lipinski definition) is 3. The molecule has 46 heavy (non-hydrogen) atoms. The first kappa shape index (κ1) is 27.0. The Bertz CT molecular complexity index is 2500. The number of nitrogens with zero attached hydrogens (tertiary/aromatic N) is 2. The van der Waals surface area contributed by atoms with Gasteiger partial charge in [-0.15, -0.1) is 11.3 Å². The standard InChI is InChI=1S/C43H30N2S/c1-27-24-31(16-18-32(27)30-17-21-41-38(25-30)34-14-8-9-15-40(34)46-41)39-26-37(29-12-6-3-7-13-29)36-20-19-35-33(28-10-4-2-5-11-28)22-23-44-42(35)43(36)45-39/h2-23,25-27H,24H2,1H3. The van der Waals surface area contributed by atoms with Crippen LogP contribution in [0.2, 0.25) is 0 Å². The Hall–Kier alpha value is -5.38. The minimum atomic E-state index is 0.357. The van der Waals surface area contributed by atoms with Crippen molar-refractivity contribution in [2.75, 3.05) is 0 Å². The lowest BCUT2D eigenvalue weighted by molar-refractivity contribution is 0.769. The predicted octanol–water partition coefficient (Wildman–Crippen LogP) is 12.0. The van der Waals surface area contributed by atoms with Gasteiger partial charge >= 0.3 is 0 Å². The molecule has 0 amide bonds. The van der Waals surface area contributed by atoms with E-state index in [4.69, 9.17) is 9.97 Å². The third-order valence-electron chi connectivity index (χ3n) is 9.42. The Morgan fingerprint density at radius 3 is 2.04 bits per heavy atom. The zero-order valence-electron chi connectivity index (χ0n) is 25.4. The van der Waals surface area contributed by atoms with E-state index in [0.29, 0.717) is 5.92 Å². The van der Waals surface area contributed by atoms with Gasteiger partial charge in [-0.25, -0.2) is 4.98 Å². The zero-order valence-corrected chi connectivity index (χ0v) is 26.3. The molecule has 0 bridgehead atoms. The molecule has 3 heterocycles. The average Bonchev–Trinajstić information content (AvgIpc) is 3.49. The molecule has 1 unspecified atom stereocenters. The van der Waals surface area contributed by atoms with Crippen LogP contribution in [0, 0.1) is 5.92 Å². The van der Waals surface area contributed by atoms with E-state index >= 15 is 0 Å². The average molecular weight is 607 g/mol. The van der Waals surface area contributed by atoms with E-state index in [-0.39, 0.29) is 0 Å². The maximum atomic E-state index is 5.39. The highest BCUT2D eigenvalue weighted by atomic mass is 32.1. The summed E-state index contributed by atoms with van der Waals surface area (Å²) < 4.78 is 2.69. The molecule has 1 aliphatic carbocycles. The Balaban J connectivity index is 1.21. The van der Waals surface area contributed by atoms with E-state index in [2.05, 4.69) is 146 Å². The molecule has 1 atom stereocenters. The van der Waals surface area contributed by atoms with Gasteiger partial charge in [-0.3, -0.25) is 4.98 Å². The third-order valence-corrected chi connectivity index (χ3v) is 10.6. The third kappa shape index (κ3) is 4.47. The van der Waals surface area contributed by atoms with E-state index in [1.165, 1.54) is 59.1 Å². The van der Waals surface area contributed by atoms with Crippen LogP contribution in [-0.4, -0.2) is 9.97 Å². The molecule has 3 aromatic heterocycles. The van der Waals surface area contributed by atoms with E-state index in [9.17, 15) is 0 Å². The number of thiophene rings is 1. The molecule has 9 rings (SSSR count). The minimum absolute atomic E-state index is 0.357. The first-order chi connectivity index (χ1) is 22.7. The Kier molecular flexibility index (Phi) is 6.39. The number of fused-ring (bicyclic) bond motifs is 6. The Labute approximate surface area is 272 Å². The second-order valence-electron chi connectivity index (χ2n) is 12.2. The summed E-state index contributed by atoms with van der Waals surface area (Å²) in [5.41, 5.74) is 11.6. The second kappa shape index (κ2) is 10.9. The first-order valence-electron chi connectivity index (χ1n) is 15.9. The molecule has 0 aliphatic heterocycles. The van der Waals surface area contributed by atoms with Crippen molar-refractivity contribution in [3.63, 3.8) is 0 Å². The van der Waals surface area contributed by atoms with Crippen LogP contribution < -0.4 is 0 Å². The molecule has 0 fully saturated rings. The fourth-order valence-corrected chi connectivity index (χ4v) is 8.22. The lowest BCUT2D eigenvalue weighted by atomic mass is 9.83. The van der Waals surface area contributed by atoms with E-state index in [0.717, 1.165) is 33.9 Å². The van der Waals surface area contributed by atoms with Gasteiger partial charge < -0.3 is 0 Å². The number of allylic oxidation sites excluding steroid dienone is 4. The van der Waals surface area contributed by atoms with Gasteiger partial charge in [-0.1, -0.05) is 116 Å². The summed E-state index contributed by atoms with van der Waals surface area (Å²) >= 11 is 1.87. The van der Waals surface area contributed by atoms with Crippen LogP contribution in [-0.2, 0) is 0 Å². The second-order valence-corrected chi connectivity index (χ2v) is 13.3. The molecule has 0 saturated heterocycles. The maximum Gasteiger partial charge on any atom is 0.0978 e. The van der Waals surface area contributed by atoms with Crippen LogP contribution in [0.1, 0.15) is 24.6 Å². The van der Waals surface area contributed by atoms with Crippen LogP contribution in [0.5, 0.6) is 0 Å². The van der Waals surface area contributed by atoms with Crippen molar-refractivity contribution >= 4 is 64.5 Å². The number of aromatic nitrogens is 2. The quantitative estimate of drug-likeness (QED) is 0.186. The highest BCUT2D eigenvalue weighted by Crippen LogP contribution is 2.42. The summed E-state index contributed by atoms with van der Waals surface area (Å²) in [6, 6.07) is 45.8. The van der Waals surface area contributed by atoms with Gasteiger partial charge in [0, 0.05) is 37.1 Å². The molecular formula is C43H30N2S. The van der Waals surface area contributed by atoms with Crippen LogP contribution >= 0.6 is 11.3 Å². The molecule has 5 aromatic carbocycles. The topological polar surface area (TPSA) is 25.8 Å². The van der Waals surface area contributed by atoms with E-state index in [1.54, 1.807) is 0 Å². The van der Waals surface area contributed by atoms with Crippen molar-refractivity contribution in [2.24, 2.45) is 5.92 Å².